The highest BCUT2D eigenvalue weighted by molar-refractivity contribution is 5.95. The van der Waals surface area contributed by atoms with E-state index in [1.165, 1.54) is 12.1 Å². The fourth-order valence-electron chi connectivity index (χ4n) is 4.12. The lowest BCUT2D eigenvalue weighted by Crippen LogP contribution is -2.47. The highest BCUT2D eigenvalue weighted by atomic mass is 19.1. The van der Waals surface area contributed by atoms with Crippen molar-refractivity contribution < 1.29 is 18.5 Å². The molecule has 3 fully saturated rings. The molecule has 1 aromatic carbocycles. The predicted octanol–water partition coefficient (Wildman–Crippen LogP) is 2.69. The molecule has 2 amide bonds. The molecule has 3 aliphatic rings. The van der Waals surface area contributed by atoms with Crippen LogP contribution in [0.15, 0.2) is 28.8 Å². The molecule has 3 aliphatic heterocycles. The van der Waals surface area contributed by atoms with Crippen LogP contribution in [0.5, 0.6) is 0 Å². The molecule has 5 rings (SSSR count). The second-order valence-electron chi connectivity index (χ2n) is 7.39. The van der Waals surface area contributed by atoms with E-state index in [-0.39, 0.29) is 29.3 Å². The number of carbonyl (C=O) groups is 2. The molecule has 1 aromatic heterocycles. The quantitative estimate of drug-likeness (QED) is 0.832. The van der Waals surface area contributed by atoms with Crippen molar-refractivity contribution in [3.63, 3.8) is 0 Å². The monoisotopic (exact) mass is 371 g/mol. The van der Waals surface area contributed by atoms with E-state index < -0.39 is 5.82 Å². The molecule has 0 saturated carbocycles. The van der Waals surface area contributed by atoms with E-state index in [0.29, 0.717) is 25.4 Å². The topological polar surface area (TPSA) is 66.7 Å². The smallest absolute Gasteiger partial charge is 0.256 e. The van der Waals surface area contributed by atoms with Crippen LogP contribution in [0.2, 0.25) is 0 Å². The third-order valence-electron chi connectivity index (χ3n) is 5.69. The molecule has 0 N–H and O–H groups in total. The Bertz CT molecular complexity index is 875. The van der Waals surface area contributed by atoms with Crippen LogP contribution in [0.3, 0.4) is 0 Å². The third-order valence-corrected chi connectivity index (χ3v) is 5.69. The van der Waals surface area contributed by atoms with Crippen molar-refractivity contribution >= 4 is 11.8 Å². The van der Waals surface area contributed by atoms with Crippen molar-refractivity contribution in [1.82, 2.24) is 15.0 Å². The largest absolute Gasteiger partial charge is 0.361 e. The van der Waals surface area contributed by atoms with Crippen molar-refractivity contribution in [3.8, 4) is 0 Å². The van der Waals surface area contributed by atoms with Crippen LogP contribution in [0.1, 0.15) is 40.2 Å². The van der Waals surface area contributed by atoms with Gasteiger partial charge in [0.05, 0.1) is 23.7 Å². The standard InChI is InChI=1S/C20H22FN3O3/c1-12-17(13(2)27-22-12)11-24-15-8-7-14(19(24)25)9-23(10-15)20(26)16-5-3-4-6-18(16)21/h3-6,14-15H,7-11H2,1-2H3/t14-,15+/m0/s1. The average molecular weight is 371 g/mol. The summed E-state index contributed by atoms with van der Waals surface area (Å²) in [6, 6.07) is 5.91. The number of hydrogen-bond acceptors (Lipinski definition) is 4. The predicted molar refractivity (Wildman–Crippen MR) is 95.3 cm³/mol. The number of piperidine rings is 1. The summed E-state index contributed by atoms with van der Waals surface area (Å²) < 4.78 is 19.3. The van der Waals surface area contributed by atoms with E-state index >= 15 is 0 Å². The zero-order valence-electron chi connectivity index (χ0n) is 15.4. The van der Waals surface area contributed by atoms with E-state index in [0.717, 1.165) is 24.1 Å². The Morgan fingerprint density at radius 3 is 2.74 bits per heavy atom. The van der Waals surface area contributed by atoms with Gasteiger partial charge < -0.3 is 14.3 Å². The first-order valence-electron chi connectivity index (χ1n) is 9.21. The Balaban J connectivity index is 1.59. The van der Waals surface area contributed by atoms with Crippen molar-refractivity contribution in [2.24, 2.45) is 5.92 Å². The second kappa shape index (κ2) is 6.79. The van der Waals surface area contributed by atoms with Gasteiger partial charge in [0, 0.05) is 24.7 Å². The highest BCUT2D eigenvalue weighted by Crippen LogP contribution is 2.32. The molecule has 3 saturated heterocycles. The van der Waals surface area contributed by atoms with E-state index in [9.17, 15) is 14.0 Å². The molecule has 2 bridgehead atoms. The number of amides is 2. The average Bonchev–Trinajstić information content (AvgIpc) is 2.83. The van der Waals surface area contributed by atoms with Gasteiger partial charge in [-0.15, -0.1) is 0 Å². The Morgan fingerprint density at radius 1 is 1.26 bits per heavy atom. The molecule has 0 radical (unpaired) electrons. The van der Waals surface area contributed by atoms with Gasteiger partial charge in [-0.1, -0.05) is 17.3 Å². The summed E-state index contributed by atoms with van der Waals surface area (Å²) in [4.78, 5) is 29.3. The number of aryl methyl sites for hydroxylation is 2. The molecular weight excluding hydrogens is 349 g/mol. The normalized spacial score (nSPS) is 22.3. The van der Waals surface area contributed by atoms with Crippen LogP contribution >= 0.6 is 0 Å². The van der Waals surface area contributed by atoms with Crippen LogP contribution in [0.4, 0.5) is 4.39 Å². The lowest BCUT2D eigenvalue weighted by Gasteiger charge is -2.35. The number of hydrogen-bond donors (Lipinski definition) is 0. The molecule has 7 heteroatoms. The molecule has 4 heterocycles. The molecule has 2 aromatic rings. The molecule has 6 nitrogen and oxygen atoms in total. The van der Waals surface area contributed by atoms with Crippen LogP contribution in [-0.2, 0) is 11.3 Å². The SMILES string of the molecule is Cc1noc(C)c1CN1C(=O)[C@H]2CC[C@@H]1CN(C(=O)c1ccccc1F)C2. The van der Waals surface area contributed by atoms with Gasteiger partial charge in [-0.3, -0.25) is 9.59 Å². The first-order chi connectivity index (χ1) is 13.0. The number of nitrogens with zero attached hydrogens (tertiary/aromatic N) is 3. The van der Waals surface area contributed by atoms with E-state index in [1.54, 1.807) is 17.0 Å². The zero-order chi connectivity index (χ0) is 19.1. The minimum Gasteiger partial charge on any atom is -0.361 e. The van der Waals surface area contributed by atoms with Gasteiger partial charge in [-0.2, -0.15) is 0 Å². The Labute approximate surface area is 156 Å². The maximum Gasteiger partial charge on any atom is 0.256 e. The Kier molecular flexibility index (Phi) is 4.45. The van der Waals surface area contributed by atoms with Crippen molar-refractivity contribution in [2.75, 3.05) is 13.1 Å². The lowest BCUT2D eigenvalue weighted by atomic mass is 9.93. The molecule has 142 valence electrons. The summed E-state index contributed by atoms with van der Waals surface area (Å²) in [5.74, 6) is -0.371. The van der Waals surface area contributed by atoms with Gasteiger partial charge in [0.1, 0.15) is 11.6 Å². The van der Waals surface area contributed by atoms with Gasteiger partial charge >= 0.3 is 0 Å². The highest BCUT2D eigenvalue weighted by Gasteiger charge is 2.42. The van der Waals surface area contributed by atoms with Crippen LogP contribution in [0, 0.1) is 25.6 Å². The summed E-state index contributed by atoms with van der Waals surface area (Å²) in [6.45, 7) is 4.88. The number of rotatable bonds is 3. The number of aromatic nitrogens is 1. The van der Waals surface area contributed by atoms with E-state index in [4.69, 9.17) is 4.52 Å². The van der Waals surface area contributed by atoms with Gasteiger partial charge in [0.25, 0.3) is 5.91 Å². The summed E-state index contributed by atoms with van der Waals surface area (Å²) in [5.41, 5.74) is 1.76. The minimum atomic E-state index is -0.530. The van der Waals surface area contributed by atoms with E-state index in [2.05, 4.69) is 5.16 Å². The van der Waals surface area contributed by atoms with Gasteiger partial charge in [0.2, 0.25) is 5.91 Å². The van der Waals surface area contributed by atoms with Gasteiger partial charge in [0.15, 0.2) is 0 Å². The molecule has 0 aliphatic carbocycles. The zero-order valence-corrected chi connectivity index (χ0v) is 15.4. The lowest BCUT2D eigenvalue weighted by molar-refractivity contribution is -0.140. The van der Waals surface area contributed by atoms with Crippen LogP contribution < -0.4 is 0 Å². The summed E-state index contributed by atoms with van der Waals surface area (Å²) in [7, 11) is 0. The first-order valence-corrected chi connectivity index (χ1v) is 9.21. The second-order valence-corrected chi connectivity index (χ2v) is 7.39. The number of carbonyl (C=O) groups excluding carboxylic acids is 2. The molecule has 2 atom stereocenters. The number of halogens is 1. The fraction of sp³-hybridized carbons (Fsp3) is 0.450. The maximum atomic E-state index is 14.1. The van der Waals surface area contributed by atoms with E-state index in [1.807, 2.05) is 18.7 Å². The fourth-order valence-corrected chi connectivity index (χ4v) is 4.12. The summed E-state index contributed by atoms with van der Waals surface area (Å²) >= 11 is 0. The Morgan fingerprint density at radius 2 is 2.04 bits per heavy atom. The first kappa shape index (κ1) is 17.7. The molecular formula is C20H22FN3O3. The third kappa shape index (κ3) is 3.11. The summed E-state index contributed by atoms with van der Waals surface area (Å²) in [6.07, 6.45) is 1.59. The number of fused-ring (bicyclic) bond motifs is 4. The van der Waals surface area contributed by atoms with Crippen LogP contribution in [0.25, 0.3) is 0 Å². The van der Waals surface area contributed by atoms with Crippen molar-refractivity contribution in [2.45, 2.75) is 39.3 Å². The van der Waals surface area contributed by atoms with Gasteiger partial charge in [-0.25, -0.2) is 4.39 Å². The molecule has 0 unspecified atom stereocenters. The van der Waals surface area contributed by atoms with Gasteiger partial charge in [-0.05, 0) is 38.8 Å². The minimum absolute atomic E-state index is 0.0510. The van der Waals surface area contributed by atoms with Crippen LogP contribution in [-0.4, -0.2) is 45.9 Å². The molecule has 0 spiro atoms. The number of benzene rings is 1. The molecule has 27 heavy (non-hydrogen) atoms. The van der Waals surface area contributed by atoms with Crippen molar-refractivity contribution in [1.29, 1.82) is 0 Å². The van der Waals surface area contributed by atoms with Crippen molar-refractivity contribution in [3.05, 3.63) is 52.7 Å². The Hall–Kier alpha value is -2.70. The summed E-state index contributed by atoms with van der Waals surface area (Å²) in [5, 5.41) is 3.97. The maximum absolute atomic E-state index is 14.1.